The first-order valence-corrected chi connectivity index (χ1v) is 5.03. The maximum atomic E-state index is 12.8. The number of ether oxygens (including phenoxy) is 1. The Kier molecular flexibility index (Phi) is 2.77. The van der Waals surface area contributed by atoms with Crippen molar-refractivity contribution in [1.82, 2.24) is 0 Å². The molecule has 0 radical (unpaired) electrons. The number of hydrogen-bond acceptors (Lipinski definition) is 2. The highest BCUT2D eigenvalue weighted by Crippen LogP contribution is 2.50. The molecular formula is C11H11F4NO. The van der Waals surface area contributed by atoms with E-state index < -0.39 is 30.9 Å². The van der Waals surface area contributed by atoms with Gasteiger partial charge in [-0.05, 0) is 17.7 Å². The Morgan fingerprint density at radius 1 is 1.24 bits per heavy atom. The van der Waals surface area contributed by atoms with Crippen molar-refractivity contribution in [3.63, 3.8) is 0 Å². The molecule has 0 atom stereocenters. The lowest BCUT2D eigenvalue weighted by molar-refractivity contribution is -0.125. The second-order valence-corrected chi connectivity index (χ2v) is 4.27. The maximum absolute atomic E-state index is 12.8. The van der Waals surface area contributed by atoms with Crippen molar-refractivity contribution in [2.24, 2.45) is 5.73 Å². The minimum absolute atomic E-state index is 0.0717. The van der Waals surface area contributed by atoms with E-state index in [0.29, 0.717) is 5.56 Å². The Balaban J connectivity index is 2.17. The van der Waals surface area contributed by atoms with E-state index in [1.807, 2.05) is 0 Å². The Morgan fingerprint density at radius 2 is 1.88 bits per heavy atom. The van der Waals surface area contributed by atoms with E-state index in [9.17, 15) is 17.6 Å². The molecule has 0 aliphatic heterocycles. The van der Waals surface area contributed by atoms with E-state index in [-0.39, 0.29) is 5.75 Å². The van der Waals surface area contributed by atoms with Crippen LogP contribution in [0.15, 0.2) is 24.3 Å². The fourth-order valence-corrected chi connectivity index (χ4v) is 2.06. The molecular weight excluding hydrogens is 238 g/mol. The number of alkyl halides is 4. The van der Waals surface area contributed by atoms with Crippen molar-refractivity contribution in [3.05, 3.63) is 29.8 Å². The lowest BCUT2D eigenvalue weighted by Gasteiger charge is -2.44. The van der Waals surface area contributed by atoms with Gasteiger partial charge in [0.05, 0.1) is 5.54 Å². The summed E-state index contributed by atoms with van der Waals surface area (Å²) in [6.07, 6.45) is -0.948. The highest BCUT2D eigenvalue weighted by atomic mass is 19.3. The third kappa shape index (κ3) is 2.52. The summed E-state index contributed by atoms with van der Waals surface area (Å²) in [6, 6.07) is 5.60. The SMILES string of the molecule is NC1(c2cccc(OC(F)F)c2)CC(F)(F)C1. The molecule has 2 nitrogen and oxygen atoms in total. The quantitative estimate of drug-likeness (QED) is 0.836. The van der Waals surface area contributed by atoms with Gasteiger partial charge in [-0.3, -0.25) is 0 Å². The number of halogens is 4. The summed E-state index contributed by atoms with van der Waals surface area (Å²) in [5, 5.41) is 0. The van der Waals surface area contributed by atoms with Crippen molar-refractivity contribution in [2.75, 3.05) is 0 Å². The number of rotatable bonds is 3. The average Bonchev–Trinajstić information content (AvgIpc) is 2.13. The molecule has 6 heteroatoms. The van der Waals surface area contributed by atoms with Crippen molar-refractivity contribution >= 4 is 0 Å². The van der Waals surface area contributed by atoms with E-state index >= 15 is 0 Å². The van der Waals surface area contributed by atoms with Crippen LogP contribution in [0, 0.1) is 0 Å². The molecule has 1 aliphatic carbocycles. The fraction of sp³-hybridized carbons (Fsp3) is 0.455. The minimum atomic E-state index is -2.94. The van der Waals surface area contributed by atoms with Gasteiger partial charge in [0, 0.05) is 12.8 Å². The lowest BCUT2D eigenvalue weighted by Crippen LogP contribution is -2.55. The summed E-state index contributed by atoms with van der Waals surface area (Å²) in [5.74, 6) is -2.84. The van der Waals surface area contributed by atoms with Crippen molar-refractivity contribution < 1.29 is 22.3 Å². The summed E-state index contributed by atoms with van der Waals surface area (Å²) in [6.45, 7) is -2.94. The van der Waals surface area contributed by atoms with E-state index in [1.165, 1.54) is 24.3 Å². The second kappa shape index (κ2) is 3.87. The van der Waals surface area contributed by atoms with Gasteiger partial charge in [-0.2, -0.15) is 8.78 Å². The van der Waals surface area contributed by atoms with Gasteiger partial charge >= 0.3 is 6.61 Å². The molecule has 1 saturated carbocycles. The molecule has 1 fully saturated rings. The van der Waals surface area contributed by atoms with Crippen LogP contribution in [-0.2, 0) is 5.54 Å². The average molecular weight is 249 g/mol. The molecule has 0 spiro atoms. The number of hydrogen-bond donors (Lipinski definition) is 1. The predicted molar refractivity (Wildman–Crippen MR) is 53.1 cm³/mol. The molecule has 0 aromatic heterocycles. The van der Waals surface area contributed by atoms with Gasteiger partial charge in [-0.15, -0.1) is 0 Å². The van der Waals surface area contributed by atoms with Crippen molar-refractivity contribution in [2.45, 2.75) is 30.9 Å². The summed E-state index contributed by atoms with van der Waals surface area (Å²) >= 11 is 0. The van der Waals surface area contributed by atoms with Crippen LogP contribution in [0.1, 0.15) is 18.4 Å². The first-order chi connectivity index (χ1) is 7.81. The summed E-state index contributed by atoms with van der Waals surface area (Å²) in [4.78, 5) is 0. The zero-order chi connectivity index (χ0) is 12.7. The third-order valence-corrected chi connectivity index (χ3v) is 2.78. The monoisotopic (exact) mass is 249 g/mol. The normalized spacial score (nSPS) is 21.1. The van der Waals surface area contributed by atoms with Gasteiger partial charge in [0.25, 0.3) is 5.92 Å². The Bertz CT molecular complexity index is 414. The highest BCUT2D eigenvalue weighted by molar-refractivity contribution is 5.35. The molecule has 0 saturated heterocycles. The summed E-state index contributed by atoms with van der Waals surface area (Å²) in [7, 11) is 0. The molecule has 0 bridgehead atoms. The molecule has 1 aromatic carbocycles. The smallest absolute Gasteiger partial charge is 0.387 e. The fourth-order valence-electron chi connectivity index (χ4n) is 2.06. The Labute approximate surface area is 95.4 Å². The molecule has 0 heterocycles. The predicted octanol–water partition coefficient (Wildman–Crippen LogP) is 2.87. The van der Waals surface area contributed by atoms with Gasteiger partial charge in [-0.1, -0.05) is 12.1 Å². The minimum Gasteiger partial charge on any atom is -0.435 e. The van der Waals surface area contributed by atoms with Crippen LogP contribution < -0.4 is 10.5 Å². The first kappa shape index (κ1) is 12.2. The van der Waals surface area contributed by atoms with Crippen LogP contribution in [0.3, 0.4) is 0 Å². The van der Waals surface area contributed by atoms with E-state index in [2.05, 4.69) is 4.74 Å². The molecule has 17 heavy (non-hydrogen) atoms. The number of benzene rings is 1. The standard InChI is InChI=1S/C11H11F4NO/c12-9(13)17-8-3-1-2-7(4-8)10(16)5-11(14,15)6-10/h1-4,9H,5-6,16H2. The zero-order valence-corrected chi connectivity index (χ0v) is 8.80. The molecule has 1 aliphatic rings. The summed E-state index contributed by atoms with van der Waals surface area (Å²) in [5.41, 5.74) is 5.02. The Morgan fingerprint density at radius 3 is 2.41 bits per heavy atom. The van der Waals surface area contributed by atoms with Crippen LogP contribution in [0.2, 0.25) is 0 Å². The largest absolute Gasteiger partial charge is 0.435 e. The first-order valence-electron chi connectivity index (χ1n) is 5.03. The van der Waals surface area contributed by atoms with Gasteiger partial charge in [-0.25, -0.2) is 8.78 Å². The summed E-state index contributed by atoms with van der Waals surface area (Å²) < 4.78 is 53.8. The van der Waals surface area contributed by atoms with E-state index in [0.717, 1.165) is 0 Å². The van der Waals surface area contributed by atoms with Crippen LogP contribution in [0.5, 0.6) is 5.75 Å². The van der Waals surface area contributed by atoms with Gasteiger partial charge in [0.2, 0.25) is 0 Å². The number of nitrogens with two attached hydrogens (primary N) is 1. The molecule has 94 valence electrons. The topological polar surface area (TPSA) is 35.2 Å². The Hall–Kier alpha value is -1.30. The highest BCUT2D eigenvalue weighted by Gasteiger charge is 2.55. The van der Waals surface area contributed by atoms with Crippen molar-refractivity contribution in [3.8, 4) is 5.75 Å². The van der Waals surface area contributed by atoms with Crippen LogP contribution in [0.4, 0.5) is 17.6 Å². The van der Waals surface area contributed by atoms with Gasteiger partial charge < -0.3 is 10.5 Å². The van der Waals surface area contributed by atoms with Gasteiger partial charge in [0.1, 0.15) is 5.75 Å². The molecule has 0 amide bonds. The van der Waals surface area contributed by atoms with E-state index in [4.69, 9.17) is 5.73 Å². The second-order valence-electron chi connectivity index (χ2n) is 4.27. The third-order valence-electron chi connectivity index (χ3n) is 2.78. The van der Waals surface area contributed by atoms with Crippen LogP contribution in [0.25, 0.3) is 0 Å². The molecule has 2 N–H and O–H groups in total. The van der Waals surface area contributed by atoms with E-state index in [1.54, 1.807) is 0 Å². The van der Waals surface area contributed by atoms with Crippen LogP contribution >= 0.6 is 0 Å². The lowest BCUT2D eigenvalue weighted by atomic mass is 9.70. The zero-order valence-electron chi connectivity index (χ0n) is 8.80. The van der Waals surface area contributed by atoms with Gasteiger partial charge in [0.15, 0.2) is 0 Å². The molecule has 0 unspecified atom stereocenters. The van der Waals surface area contributed by atoms with Crippen molar-refractivity contribution in [1.29, 1.82) is 0 Å². The molecule has 1 aromatic rings. The molecule has 2 rings (SSSR count). The maximum Gasteiger partial charge on any atom is 0.387 e. The van der Waals surface area contributed by atoms with Crippen LogP contribution in [-0.4, -0.2) is 12.5 Å².